The summed E-state index contributed by atoms with van der Waals surface area (Å²) in [5.41, 5.74) is 13.6. The highest BCUT2D eigenvalue weighted by atomic mass is 15.1. The molecule has 2 heterocycles. The van der Waals surface area contributed by atoms with Gasteiger partial charge >= 0.3 is 0 Å². The van der Waals surface area contributed by atoms with Gasteiger partial charge in [-0.1, -0.05) is 152 Å². The maximum absolute atomic E-state index is 5.05. The number of benzene rings is 9. The highest BCUT2D eigenvalue weighted by Gasteiger charge is 2.19. The largest absolute Gasteiger partial charge is 0.327 e. The molecule has 0 saturated heterocycles. The van der Waals surface area contributed by atoms with E-state index in [1.165, 1.54) is 54.6 Å². The van der Waals surface area contributed by atoms with Gasteiger partial charge in [0.05, 0.1) is 22.1 Å². The molecule has 11 rings (SSSR count). The molecule has 0 unspecified atom stereocenters. The van der Waals surface area contributed by atoms with Crippen LogP contribution in [0.3, 0.4) is 0 Å². The smallest absolute Gasteiger partial charge is 0.140 e. The number of fused-ring (bicyclic) bond motifs is 5. The number of aromatic nitrogens is 4. The normalized spacial score (nSPS) is 11.8. The molecule has 0 aliphatic rings. The third-order valence-corrected chi connectivity index (χ3v) is 11.5. The number of imidazole rings is 2. The Morgan fingerprint density at radius 1 is 0.339 bits per heavy atom. The minimum absolute atomic E-state index is 0.964. The molecule has 4 heteroatoms. The maximum Gasteiger partial charge on any atom is 0.140 e. The van der Waals surface area contributed by atoms with Crippen LogP contribution in [-0.4, -0.2) is 19.1 Å². The molecule has 0 aliphatic heterocycles. The molecule has 0 bridgehead atoms. The van der Waals surface area contributed by atoms with Crippen molar-refractivity contribution in [2.75, 3.05) is 0 Å². The zero-order valence-corrected chi connectivity index (χ0v) is 31.1. The van der Waals surface area contributed by atoms with E-state index in [0.29, 0.717) is 0 Å². The van der Waals surface area contributed by atoms with Crippen LogP contribution in [0.25, 0.3) is 111 Å². The van der Waals surface area contributed by atoms with E-state index in [4.69, 9.17) is 9.97 Å². The molecule has 9 aromatic carbocycles. The van der Waals surface area contributed by atoms with E-state index in [1.807, 2.05) is 12.1 Å². The average molecular weight is 717 g/mol. The van der Waals surface area contributed by atoms with Gasteiger partial charge in [-0.05, 0) is 96.0 Å². The molecule has 0 N–H and O–H groups in total. The van der Waals surface area contributed by atoms with Crippen molar-refractivity contribution in [1.29, 1.82) is 0 Å². The summed E-state index contributed by atoms with van der Waals surface area (Å²) in [6.07, 6.45) is 0. The van der Waals surface area contributed by atoms with Crippen LogP contribution in [0.2, 0.25) is 0 Å². The van der Waals surface area contributed by atoms with Crippen LogP contribution in [0, 0.1) is 0 Å². The second kappa shape index (κ2) is 12.6. The van der Waals surface area contributed by atoms with E-state index < -0.39 is 0 Å². The molecule has 11 aromatic rings. The minimum atomic E-state index is 0.964. The summed E-state index contributed by atoms with van der Waals surface area (Å²) in [5.74, 6) is 1.93. The van der Waals surface area contributed by atoms with Gasteiger partial charge in [-0.25, -0.2) is 9.97 Å². The second-order valence-electron chi connectivity index (χ2n) is 14.7. The van der Waals surface area contributed by atoms with E-state index in [0.717, 1.165) is 56.0 Å². The number of hydrogen-bond donors (Lipinski definition) is 0. The first-order chi connectivity index (χ1) is 27.6. The molecule has 0 radical (unpaired) electrons. The van der Waals surface area contributed by atoms with Crippen LogP contribution in [0.1, 0.15) is 0 Å². The fraction of sp³-hybridized carbons (Fsp3) is 0.0385. The van der Waals surface area contributed by atoms with Gasteiger partial charge in [-0.3, -0.25) is 0 Å². The Kier molecular flexibility index (Phi) is 7.26. The summed E-state index contributed by atoms with van der Waals surface area (Å²) in [6.45, 7) is 0. The molecule has 0 amide bonds. The highest BCUT2D eigenvalue weighted by Crippen LogP contribution is 2.45. The number of hydrogen-bond acceptors (Lipinski definition) is 2. The molecule has 0 atom stereocenters. The van der Waals surface area contributed by atoms with Crippen LogP contribution in [0.5, 0.6) is 0 Å². The molecule has 56 heavy (non-hydrogen) atoms. The SMILES string of the molecule is Cn1c(-c2ccccc2)nc2ccc(-c3cccc4c(-c5cccc6ccccc56)c5cccc(-c6ccc7nc(-c8ccccc8)n(C)c7c6)c5cc34)cc21. The van der Waals surface area contributed by atoms with Crippen molar-refractivity contribution in [3.63, 3.8) is 0 Å². The lowest BCUT2D eigenvalue weighted by Crippen LogP contribution is -1.93. The summed E-state index contributed by atoms with van der Waals surface area (Å²) in [6, 6.07) is 65.7. The maximum atomic E-state index is 5.05. The van der Waals surface area contributed by atoms with Crippen LogP contribution in [0.4, 0.5) is 0 Å². The highest BCUT2D eigenvalue weighted by molar-refractivity contribution is 6.21. The number of aryl methyl sites for hydroxylation is 2. The first-order valence-electron chi connectivity index (χ1n) is 19.1. The average Bonchev–Trinajstić information content (AvgIpc) is 3.77. The van der Waals surface area contributed by atoms with Crippen LogP contribution >= 0.6 is 0 Å². The molecular formula is C52H36N4. The predicted octanol–water partition coefficient (Wildman–Crippen LogP) is 13.3. The number of rotatable bonds is 5. The Balaban J connectivity index is 1.18. The molecular weight excluding hydrogens is 681 g/mol. The third-order valence-electron chi connectivity index (χ3n) is 11.5. The lowest BCUT2D eigenvalue weighted by Gasteiger charge is -2.18. The first kappa shape index (κ1) is 32.2. The Morgan fingerprint density at radius 2 is 0.786 bits per heavy atom. The molecule has 0 fully saturated rings. The molecule has 0 aliphatic carbocycles. The summed E-state index contributed by atoms with van der Waals surface area (Å²) >= 11 is 0. The van der Waals surface area contributed by atoms with Crippen molar-refractivity contribution in [2.45, 2.75) is 0 Å². The van der Waals surface area contributed by atoms with E-state index in [-0.39, 0.29) is 0 Å². The van der Waals surface area contributed by atoms with Crippen LogP contribution < -0.4 is 0 Å². The van der Waals surface area contributed by atoms with Crippen molar-refractivity contribution in [3.8, 4) is 56.2 Å². The van der Waals surface area contributed by atoms with E-state index in [9.17, 15) is 0 Å². The fourth-order valence-corrected chi connectivity index (χ4v) is 8.81. The summed E-state index contributed by atoms with van der Waals surface area (Å²) in [4.78, 5) is 10.1. The Morgan fingerprint density at radius 3 is 1.34 bits per heavy atom. The molecule has 264 valence electrons. The lowest BCUT2D eigenvalue weighted by molar-refractivity contribution is 0.959. The van der Waals surface area contributed by atoms with Crippen LogP contribution in [0.15, 0.2) is 182 Å². The Labute approximate surface area is 324 Å². The summed E-state index contributed by atoms with van der Waals surface area (Å²) < 4.78 is 4.43. The third kappa shape index (κ3) is 5.00. The topological polar surface area (TPSA) is 35.6 Å². The van der Waals surface area contributed by atoms with Gasteiger partial charge in [0.15, 0.2) is 0 Å². The summed E-state index contributed by atoms with van der Waals surface area (Å²) in [7, 11) is 4.23. The van der Waals surface area contributed by atoms with Crippen molar-refractivity contribution in [1.82, 2.24) is 19.1 Å². The standard InChI is InChI=1S/C52H36N4/c1-55-48-30-36(26-28-46(48)53-51(55)34-15-5-3-6-16-34)39-21-12-24-42-44(39)32-45-40(22-13-25-43(45)50(42)41-23-11-19-33-14-9-10-20-38(33)41)37-27-29-47-49(31-37)56(2)52(54-47)35-17-7-4-8-18-35/h3-32H,1-2H3. The Hall–Kier alpha value is -7.30. The van der Waals surface area contributed by atoms with Crippen molar-refractivity contribution in [2.24, 2.45) is 14.1 Å². The first-order valence-corrected chi connectivity index (χ1v) is 19.1. The lowest BCUT2D eigenvalue weighted by atomic mass is 9.85. The number of nitrogens with zero attached hydrogens (tertiary/aromatic N) is 4. The van der Waals surface area contributed by atoms with Gasteiger partial charge in [0.2, 0.25) is 0 Å². The second-order valence-corrected chi connectivity index (χ2v) is 14.7. The molecule has 0 spiro atoms. The fourth-order valence-electron chi connectivity index (χ4n) is 8.81. The Bertz CT molecular complexity index is 3130. The molecule has 4 nitrogen and oxygen atoms in total. The van der Waals surface area contributed by atoms with Crippen molar-refractivity contribution < 1.29 is 0 Å². The van der Waals surface area contributed by atoms with Crippen molar-refractivity contribution >= 4 is 54.4 Å². The zero-order valence-electron chi connectivity index (χ0n) is 31.1. The van der Waals surface area contributed by atoms with Gasteiger partial charge in [0.25, 0.3) is 0 Å². The zero-order chi connectivity index (χ0) is 37.3. The predicted molar refractivity (Wildman–Crippen MR) is 235 cm³/mol. The van der Waals surface area contributed by atoms with Gasteiger partial charge < -0.3 is 9.13 Å². The minimum Gasteiger partial charge on any atom is -0.327 e. The molecule has 0 saturated carbocycles. The van der Waals surface area contributed by atoms with E-state index in [2.05, 4.69) is 193 Å². The monoisotopic (exact) mass is 716 g/mol. The van der Waals surface area contributed by atoms with Gasteiger partial charge in [0, 0.05) is 25.2 Å². The molecule has 2 aromatic heterocycles. The van der Waals surface area contributed by atoms with Gasteiger partial charge in [-0.2, -0.15) is 0 Å². The van der Waals surface area contributed by atoms with Crippen molar-refractivity contribution in [3.05, 3.63) is 182 Å². The quantitative estimate of drug-likeness (QED) is 0.166. The van der Waals surface area contributed by atoms with E-state index >= 15 is 0 Å². The van der Waals surface area contributed by atoms with Gasteiger partial charge in [-0.15, -0.1) is 0 Å². The van der Waals surface area contributed by atoms with Gasteiger partial charge in [0.1, 0.15) is 11.6 Å². The summed E-state index contributed by atoms with van der Waals surface area (Å²) in [5, 5.41) is 7.37. The van der Waals surface area contributed by atoms with Crippen LogP contribution in [-0.2, 0) is 14.1 Å². The van der Waals surface area contributed by atoms with E-state index in [1.54, 1.807) is 0 Å².